The van der Waals surface area contributed by atoms with Crippen LogP contribution in [0.2, 0.25) is 0 Å². The van der Waals surface area contributed by atoms with Crippen molar-refractivity contribution < 1.29 is 0 Å². The number of hydrogen-bond donors (Lipinski definition) is 1. The summed E-state index contributed by atoms with van der Waals surface area (Å²) in [4.78, 5) is 15.2. The molecule has 0 fully saturated rings. The quantitative estimate of drug-likeness (QED) is 0.147. The van der Waals surface area contributed by atoms with Crippen LogP contribution in [0.1, 0.15) is 83.4 Å². The summed E-state index contributed by atoms with van der Waals surface area (Å²) in [5.41, 5.74) is 11.4. The fourth-order valence-electron chi connectivity index (χ4n) is 9.41. The Morgan fingerprint density at radius 3 is 1.63 bits per heavy atom. The van der Waals surface area contributed by atoms with Gasteiger partial charge in [-0.05, 0) is 86.1 Å². The summed E-state index contributed by atoms with van der Waals surface area (Å²) in [6.07, 6.45) is 17.9. The van der Waals surface area contributed by atoms with Gasteiger partial charge in [0, 0.05) is 44.3 Å². The third-order valence-electron chi connectivity index (χ3n) is 12.4. The van der Waals surface area contributed by atoms with Crippen molar-refractivity contribution in [3.05, 3.63) is 260 Å². The third kappa shape index (κ3) is 11.7. The lowest BCUT2D eigenvalue weighted by molar-refractivity contribution is 0.528. The van der Waals surface area contributed by atoms with Crippen molar-refractivity contribution in [3.8, 4) is 28.5 Å². The van der Waals surface area contributed by atoms with Crippen LogP contribution in [0.15, 0.2) is 243 Å². The van der Waals surface area contributed by atoms with Gasteiger partial charge in [-0.2, -0.15) is 9.97 Å². The molecule has 1 aliphatic carbocycles. The van der Waals surface area contributed by atoms with Crippen LogP contribution in [0.25, 0.3) is 55.8 Å². The first kappa shape index (κ1) is 50.7. The number of fused-ring (bicyclic) bond motifs is 3. The van der Waals surface area contributed by atoms with E-state index in [4.69, 9.17) is 21.5 Å². The highest BCUT2D eigenvalue weighted by Crippen LogP contribution is 2.47. The van der Waals surface area contributed by atoms with Gasteiger partial charge in [0.15, 0.2) is 11.6 Å². The van der Waals surface area contributed by atoms with E-state index in [0.717, 1.165) is 87.5 Å². The van der Waals surface area contributed by atoms with Gasteiger partial charge in [-0.25, -0.2) is 4.98 Å². The number of para-hydroxylation sites is 2. The molecule has 1 aliphatic rings. The number of allylic oxidation sites excluding steroid dienone is 8. The average molecular weight is 930 g/mol. The van der Waals surface area contributed by atoms with Gasteiger partial charge in [-0.3, -0.25) is 0 Å². The Kier molecular flexibility index (Phi) is 18.2. The number of nitrogens with one attached hydrogen (secondary N) is 1. The van der Waals surface area contributed by atoms with Crippen LogP contribution >= 0.6 is 0 Å². The molecule has 0 bridgehead atoms. The molecule has 5 nitrogen and oxygen atoms in total. The van der Waals surface area contributed by atoms with Gasteiger partial charge in [0.2, 0.25) is 5.95 Å². The maximum Gasteiger partial charge on any atom is 0.231 e. The first-order chi connectivity index (χ1) is 35.1. The van der Waals surface area contributed by atoms with E-state index in [1.165, 1.54) is 16.7 Å². The second kappa shape index (κ2) is 25.5. The molecule has 1 N–H and O–H groups in total. The summed E-state index contributed by atoms with van der Waals surface area (Å²) in [6.45, 7) is 18.2. The molecule has 7 aromatic carbocycles. The fraction of sp³-hybridized carbons (Fsp3) is 0.167. The van der Waals surface area contributed by atoms with Crippen LogP contribution in [0, 0.1) is 0 Å². The lowest BCUT2D eigenvalue weighted by atomic mass is 9.64. The van der Waals surface area contributed by atoms with Crippen LogP contribution < -0.4 is 5.32 Å². The molecular formula is C66H67N5. The second-order valence-electron chi connectivity index (χ2n) is 16.8. The number of nitrogens with zero attached hydrogens (tertiary/aromatic N) is 4. The fourth-order valence-corrected chi connectivity index (χ4v) is 9.41. The summed E-state index contributed by atoms with van der Waals surface area (Å²) < 4.78 is 2.37. The van der Waals surface area contributed by atoms with Crippen LogP contribution in [0.3, 0.4) is 0 Å². The van der Waals surface area contributed by atoms with Gasteiger partial charge in [0.25, 0.3) is 0 Å². The van der Waals surface area contributed by atoms with E-state index < -0.39 is 5.41 Å². The van der Waals surface area contributed by atoms with Crippen LogP contribution in [-0.2, 0) is 5.41 Å². The van der Waals surface area contributed by atoms with Crippen LogP contribution in [0.4, 0.5) is 11.6 Å². The first-order valence-corrected chi connectivity index (χ1v) is 25.2. The summed E-state index contributed by atoms with van der Waals surface area (Å²) in [5.74, 6) is 1.64. The molecule has 0 aliphatic heterocycles. The Morgan fingerprint density at radius 1 is 0.577 bits per heavy atom. The molecule has 71 heavy (non-hydrogen) atoms. The van der Waals surface area contributed by atoms with E-state index in [0.29, 0.717) is 17.6 Å². The van der Waals surface area contributed by atoms with Crippen molar-refractivity contribution in [3.63, 3.8) is 0 Å². The molecule has 0 radical (unpaired) electrons. The maximum absolute atomic E-state index is 5.09. The molecule has 0 amide bonds. The highest BCUT2D eigenvalue weighted by Gasteiger charge is 2.37. The Balaban J connectivity index is 0.00000101. The van der Waals surface area contributed by atoms with E-state index in [-0.39, 0.29) is 0 Å². The summed E-state index contributed by atoms with van der Waals surface area (Å²) in [5, 5.41) is 6.04. The highest BCUT2D eigenvalue weighted by atomic mass is 15.2. The van der Waals surface area contributed by atoms with Gasteiger partial charge >= 0.3 is 0 Å². The SMILES string of the molecule is C=C(/C=C1\CCC/C=C\C=C/CCC1(c1ccccc1)c1ccccc1)c1cc2c(cc1Nc1nc(-c3ccccc3)nc(-c3ccccc3)n1)c1ccccc1n2-c1ccccc1.C=CC.CC.CC. The minimum Gasteiger partial charge on any atom is -0.323 e. The zero-order valence-electron chi connectivity index (χ0n) is 42.1. The molecule has 5 heteroatoms. The standard InChI is InChI=1S/C59H49N5.C3H6.2C2H6/c1-43(40-48-34-16-5-3-2-4-6-25-39-59(48,46-30-17-9-18-31-46)47-32-19-10-20-33-47)51-42-55-52(50-37-23-24-38-54(50)64(55)49-35-21-11-22-36-49)41-53(51)60-58-62-56(44-26-12-7-13-27-44)61-57(63-58)45-28-14-8-15-29-45;1-3-2;2*1-2/h2-4,6-15,17-24,26-33,35-38,40-42H,1,5,16,25,34,39H2,(H,60,61,62,63);3H,1H2,2H3;2*1-2H3/b3-2-,6-4-,48-40+;;;. The topological polar surface area (TPSA) is 55.6 Å². The molecule has 0 atom stereocenters. The second-order valence-corrected chi connectivity index (χ2v) is 16.8. The third-order valence-corrected chi connectivity index (χ3v) is 12.4. The van der Waals surface area contributed by atoms with Gasteiger partial charge < -0.3 is 9.88 Å². The molecule has 2 aromatic heterocycles. The molecule has 10 rings (SSSR count). The summed E-state index contributed by atoms with van der Waals surface area (Å²) in [6, 6.07) is 66.2. The van der Waals surface area contributed by atoms with Gasteiger partial charge in [0.05, 0.1) is 11.0 Å². The van der Waals surface area contributed by atoms with E-state index in [1.54, 1.807) is 6.08 Å². The molecule has 9 aromatic rings. The van der Waals surface area contributed by atoms with E-state index in [2.05, 4.69) is 174 Å². The van der Waals surface area contributed by atoms with E-state index in [9.17, 15) is 0 Å². The summed E-state index contributed by atoms with van der Waals surface area (Å²) in [7, 11) is 0. The number of anilines is 2. The number of benzene rings is 7. The predicted octanol–water partition coefficient (Wildman–Crippen LogP) is 18.3. The van der Waals surface area contributed by atoms with Crippen LogP contribution in [-0.4, -0.2) is 19.5 Å². The van der Waals surface area contributed by atoms with Crippen molar-refractivity contribution in [2.45, 2.75) is 72.1 Å². The smallest absolute Gasteiger partial charge is 0.231 e. The highest BCUT2D eigenvalue weighted by molar-refractivity contribution is 6.12. The maximum atomic E-state index is 5.09. The van der Waals surface area contributed by atoms with Crippen molar-refractivity contribution in [1.82, 2.24) is 19.5 Å². The molecule has 0 saturated heterocycles. The van der Waals surface area contributed by atoms with E-state index in [1.807, 2.05) is 95.3 Å². The van der Waals surface area contributed by atoms with Crippen molar-refractivity contribution in [2.24, 2.45) is 0 Å². The van der Waals surface area contributed by atoms with Crippen molar-refractivity contribution >= 4 is 39.0 Å². The number of rotatable bonds is 9. The Labute approximate surface area is 422 Å². The minimum atomic E-state index is -0.403. The minimum absolute atomic E-state index is 0.403. The van der Waals surface area contributed by atoms with Gasteiger partial charge in [-0.1, -0.05) is 234 Å². The molecular weight excluding hydrogens is 863 g/mol. The van der Waals surface area contributed by atoms with E-state index >= 15 is 0 Å². The zero-order valence-corrected chi connectivity index (χ0v) is 42.1. The lowest BCUT2D eigenvalue weighted by Crippen LogP contribution is -2.30. The number of hydrogen-bond acceptors (Lipinski definition) is 4. The van der Waals surface area contributed by atoms with Crippen molar-refractivity contribution in [1.29, 1.82) is 0 Å². The first-order valence-electron chi connectivity index (χ1n) is 25.2. The Bertz CT molecular complexity index is 3110. The molecule has 356 valence electrons. The molecule has 0 unspecified atom stereocenters. The molecule has 0 saturated carbocycles. The predicted molar refractivity (Wildman–Crippen MR) is 305 cm³/mol. The Hall–Kier alpha value is -8.15. The monoisotopic (exact) mass is 930 g/mol. The zero-order chi connectivity index (χ0) is 49.8. The van der Waals surface area contributed by atoms with Gasteiger partial charge in [0.1, 0.15) is 0 Å². The average Bonchev–Trinajstić information content (AvgIpc) is 3.74. The van der Waals surface area contributed by atoms with Gasteiger partial charge in [-0.15, -0.1) is 6.58 Å². The number of aromatic nitrogens is 4. The van der Waals surface area contributed by atoms with Crippen molar-refractivity contribution in [2.75, 3.05) is 5.32 Å². The summed E-state index contributed by atoms with van der Waals surface area (Å²) >= 11 is 0. The van der Waals surface area contributed by atoms with Crippen LogP contribution in [0.5, 0.6) is 0 Å². The lowest BCUT2D eigenvalue weighted by Gasteiger charge is -2.38. The molecule has 0 spiro atoms. The normalized spacial score (nSPS) is 14.5. The largest absolute Gasteiger partial charge is 0.323 e. The molecule has 2 heterocycles. The Morgan fingerprint density at radius 2 is 1.07 bits per heavy atom.